The van der Waals surface area contributed by atoms with E-state index < -0.39 is 0 Å². The van der Waals surface area contributed by atoms with Crippen LogP contribution >= 0.6 is 11.3 Å². The molecule has 0 aliphatic heterocycles. The van der Waals surface area contributed by atoms with Crippen molar-refractivity contribution in [2.45, 2.75) is 6.92 Å². The Kier molecular flexibility index (Phi) is 5.43. The number of ether oxygens (including phenoxy) is 2. The molecule has 0 aliphatic carbocycles. The lowest BCUT2D eigenvalue weighted by molar-refractivity contribution is 0.0605. The van der Waals surface area contributed by atoms with Gasteiger partial charge in [-0.3, -0.25) is 0 Å². The van der Waals surface area contributed by atoms with Crippen LogP contribution in [0.1, 0.15) is 15.2 Å². The zero-order valence-electron chi connectivity index (χ0n) is 11.9. The quantitative estimate of drug-likeness (QED) is 0.586. The number of hydrogen-bond acceptors (Lipinski definition) is 8. The normalized spacial score (nSPS) is 10.8. The van der Waals surface area contributed by atoms with Gasteiger partial charge in [-0.2, -0.15) is 0 Å². The molecule has 8 heteroatoms. The van der Waals surface area contributed by atoms with Crippen molar-refractivity contribution in [2.75, 3.05) is 38.8 Å². The van der Waals surface area contributed by atoms with Crippen LogP contribution in [0.4, 0.5) is 5.82 Å². The first-order chi connectivity index (χ1) is 10.2. The SMILES string of the molecule is COC(=O)c1sc2ncnc(NCCOCCO)c2c1C. The maximum atomic E-state index is 11.7. The van der Waals surface area contributed by atoms with Gasteiger partial charge in [0.05, 0.1) is 32.3 Å². The van der Waals surface area contributed by atoms with Gasteiger partial charge in [-0.05, 0) is 12.5 Å². The lowest BCUT2D eigenvalue weighted by atomic mass is 10.2. The van der Waals surface area contributed by atoms with Gasteiger partial charge >= 0.3 is 5.97 Å². The van der Waals surface area contributed by atoms with Crippen LogP contribution in [-0.4, -0.2) is 54.5 Å². The minimum absolute atomic E-state index is 0.00385. The van der Waals surface area contributed by atoms with Crippen molar-refractivity contribution in [3.05, 3.63) is 16.8 Å². The summed E-state index contributed by atoms with van der Waals surface area (Å²) in [5, 5.41) is 12.6. The molecule has 0 radical (unpaired) electrons. The number of nitrogens with zero attached hydrogens (tertiary/aromatic N) is 2. The second-order valence-corrected chi connectivity index (χ2v) is 5.21. The highest BCUT2D eigenvalue weighted by Crippen LogP contribution is 2.33. The van der Waals surface area contributed by atoms with Crippen LogP contribution in [0.2, 0.25) is 0 Å². The van der Waals surface area contributed by atoms with E-state index in [4.69, 9.17) is 14.6 Å². The number of hydrogen-bond donors (Lipinski definition) is 2. The van der Waals surface area contributed by atoms with Crippen LogP contribution < -0.4 is 5.32 Å². The summed E-state index contributed by atoms with van der Waals surface area (Å²) in [5.74, 6) is 0.296. The number of esters is 1. The zero-order chi connectivity index (χ0) is 15.2. The predicted octanol–water partition coefficient (Wildman–Crippen LogP) is 1.21. The molecule has 2 aromatic heterocycles. The molecule has 0 atom stereocenters. The molecular weight excluding hydrogens is 294 g/mol. The van der Waals surface area contributed by atoms with Crippen molar-refractivity contribution in [3.63, 3.8) is 0 Å². The molecule has 0 fully saturated rings. The topological polar surface area (TPSA) is 93.6 Å². The largest absolute Gasteiger partial charge is 0.465 e. The summed E-state index contributed by atoms with van der Waals surface area (Å²) >= 11 is 1.29. The molecule has 2 rings (SSSR count). The Labute approximate surface area is 125 Å². The third kappa shape index (κ3) is 3.46. The van der Waals surface area contributed by atoms with E-state index in [0.29, 0.717) is 30.5 Å². The highest BCUT2D eigenvalue weighted by Gasteiger charge is 2.19. The summed E-state index contributed by atoms with van der Waals surface area (Å²) in [6.07, 6.45) is 1.45. The summed E-state index contributed by atoms with van der Waals surface area (Å²) in [5.41, 5.74) is 0.807. The molecule has 0 saturated carbocycles. The fourth-order valence-corrected chi connectivity index (χ4v) is 2.97. The number of aliphatic hydroxyl groups is 1. The van der Waals surface area contributed by atoms with Crippen molar-refractivity contribution >= 4 is 33.3 Å². The van der Waals surface area contributed by atoms with Crippen LogP contribution in [0.5, 0.6) is 0 Å². The third-order valence-electron chi connectivity index (χ3n) is 2.87. The number of anilines is 1. The number of thiophene rings is 1. The number of nitrogens with one attached hydrogen (secondary N) is 1. The first kappa shape index (κ1) is 15.6. The van der Waals surface area contributed by atoms with Gasteiger partial charge in [0, 0.05) is 6.54 Å². The molecule has 2 aromatic rings. The fourth-order valence-electron chi connectivity index (χ4n) is 1.90. The first-order valence-electron chi connectivity index (χ1n) is 6.44. The number of carbonyl (C=O) groups excluding carboxylic acids is 1. The standard InChI is InChI=1S/C13H17N3O4S/c1-8-9-11(14-3-5-20-6-4-17)15-7-16-12(9)21-10(8)13(18)19-2/h7,17H,3-6H2,1-2H3,(H,14,15,16). The van der Waals surface area contributed by atoms with Crippen molar-refractivity contribution in [2.24, 2.45) is 0 Å². The maximum absolute atomic E-state index is 11.7. The Hall–Kier alpha value is -1.77. The highest BCUT2D eigenvalue weighted by molar-refractivity contribution is 7.20. The second kappa shape index (κ2) is 7.30. The molecule has 0 saturated heterocycles. The number of methoxy groups -OCH3 is 1. The molecule has 2 N–H and O–H groups in total. The summed E-state index contributed by atoms with van der Waals surface area (Å²) < 4.78 is 9.95. The predicted molar refractivity (Wildman–Crippen MR) is 79.9 cm³/mol. The molecule has 0 aliphatic rings. The summed E-state index contributed by atoms with van der Waals surface area (Å²) in [7, 11) is 1.36. The van der Waals surface area contributed by atoms with Crippen LogP contribution in [0.25, 0.3) is 10.2 Å². The Balaban J connectivity index is 2.20. The molecule has 0 spiro atoms. The number of aryl methyl sites for hydroxylation is 1. The lowest BCUT2D eigenvalue weighted by Gasteiger charge is -2.07. The molecule has 0 aromatic carbocycles. The molecule has 2 heterocycles. The highest BCUT2D eigenvalue weighted by atomic mass is 32.1. The Morgan fingerprint density at radius 2 is 2.24 bits per heavy atom. The molecule has 0 bridgehead atoms. The number of aliphatic hydroxyl groups excluding tert-OH is 1. The van der Waals surface area contributed by atoms with E-state index in [2.05, 4.69) is 15.3 Å². The van der Waals surface area contributed by atoms with Gasteiger partial charge in [-0.25, -0.2) is 14.8 Å². The summed E-state index contributed by atoms with van der Waals surface area (Å²) in [4.78, 5) is 21.4. The number of rotatable bonds is 7. The summed E-state index contributed by atoms with van der Waals surface area (Å²) in [6, 6.07) is 0. The number of fused-ring (bicyclic) bond motifs is 1. The van der Waals surface area contributed by atoms with Crippen LogP contribution in [0, 0.1) is 6.92 Å². The van der Waals surface area contributed by atoms with Crippen molar-refractivity contribution < 1.29 is 19.4 Å². The Morgan fingerprint density at radius 1 is 1.43 bits per heavy atom. The average molecular weight is 311 g/mol. The van der Waals surface area contributed by atoms with Gasteiger partial charge in [0.2, 0.25) is 0 Å². The van der Waals surface area contributed by atoms with E-state index in [1.165, 1.54) is 24.8 Å². The van der Waals surface area contributed by atoms with Crippen LogP contribution in [-0.2, 0) is 9.47 Å². The van der Waals surface area contributed by atoms with Gasteiger partial charge in [0.15, 0.2) is 0 Å². The molecule has 21 heavy (non-hydrogen) atoms. The molecule has 0 amide bonds. The van der Waals surface area contributed by atoms with Crippen LogP contribution in [0.15, 0.2) is 6.33 Å². The van der Waals surface area contributed by atoms with Gasteiger partial charge < -0.3 is 19.9 Å². The number of aromatic nitrogens is 2. The maximum Gasteiger partial charge on any atom is 0.348 e. The molecule has 0 unspecified atom stereocenters. The van der Waals surface area contributed by atoms with E-state index in [1.807, 2.05) is 6.92 Å². The van der Waals surface area contributed by atoms with Crippen molar-refractivity contribution in [1.82, 2.24) is 9.97 Å². The second-order valence-electron chi connectivity index (χ2n) is 4.21. The van der Waals surface area contributed by atoms with Gasteiger partial charge in [0.25, 0.3) is 0 Å². The minimum atomic E-state index is -0.368. The first-order valence-corrected chi connectivity index (χ1v) is 7.25. The van der Waals surface area contributed by atoms with Gasteiger partial charge in [0.1, 0.15) is 21.9 Å². The Morgan fingerprint density at radius 3 is 2.95 bits per heavy atom. The molecular formula is C13H17N3O4S. The fraction of sp³-hybridized carbons (Fsp3) is 0.462. The van der Waals surface area contributed by atoms with Gasteiger partial charge in [-0.1, -0.05) is 0 Å². The summed E-state index contributed by atoms with van der Waals surface area (Å²) in [6.45, 7) is 3.17. The average Bonchev–Trinajstić information content (AvgIpc) is 2.84. The van der Waals surface area contributed by atoms with Crippen molar-refractivity contribution in [3.8, 4) is 0 Å². The zero-order valence-corrected chi connectivity index (χ0v) is 12.7. The smallest absolute Gasteiger partial charge is 0.348 e. The van der Waals surface area contributed by atoms with E-state index in [9.17, 15) is 4.79 Å². The van der Waals surface area contributed by atoms with E-state index in [0.717, 1.165) is 15.8 Å². The van der Waals surface area contributed by atoms with Crippen molar-refractivity contribution in [1.29, 1.82) is 0 Å². The van der Waals surface area contributed by atoms with E-state index in [1.54, 1.807) is 0 Å². The molecule has 114 valence electrons. The third-order valence-corrected chi connectivity index (χ3v) is 4.05. The minimum Gasteiger partial charge on any atom is -0.465 e. The molecule has 7 nitrogen and oxygen atoms in total. The van der Waals surface area contributed by atoms with E-state index >= 15 is 0 Å². The monoisotopic (exact) mass is 311 g/mol. The van der Waals surface area contributed by atoms with Crippen LogP contribution in [0.3, 0.4) is 0 Å². The lowest BCUT2D eigenvalue weighted by Crippen LogP contribution is -2.12. The van der Waals surface area contributed by atoms with E-state index in [-0.39, 0.29) is 12.6 Å². The Bertz CT molecular complexity index is 629. The van der Waals surface area contributed by atoms with Gasteiger partial charge in [-0.15, -0.1) is 11.3 Å². The number of carbonyl (C=O) groups is 1.